The Hall–Kier alpha value is -2.14. The Labute approximate surface area is 129 Å². The molecule has 1 N–H and O–H groups in total. The van der Waals surface area contributed by atoms with Crippen molar-refractivity contribution in [3.8, 4) is 0 Å². The molecule has 5 nitrogen and oxygen atoms in total. The summed E-state index contributed by atoms with van der Waals surface area (Å²) in [6, 6.07) is 10.4. The van der Waals surface area contributed by atoms with E-state index in [2.05, 4.69) is 34.6 Å². The lowest BCUT2D eigenvalue weighted by molar-refractivity contribution is -0.126. The minimum absolute atomic E-state index is 0.0319. The summed E-state index contributed by atoms with van der Waals surface area (Å²) >= 11 is 0. The number of nitrogens with one attached hydrogen (secondary N) is 1. The highest BCUT2D eigenvalue weighted by Gasteiger charge is 2.37. The number of carbonyl (C=O) groups is 1. The monoisotopic (exact) mass is 300 g/mol. The molecular weight excluding hydrogens is 280 g/mol. The number of aryl methyl sites for hydroxylation is 1. The predicted molar refractivity (Wildman–Crippen MR) is 81.2 cm³/mol. The molecule has 1 aromatic heterocycles. The van der Waals surface area contributed by atoms with Crippen LogP contribution in [0.25, 0.3) is 0 Å². The molecule has 1 heterocycles. The number of oxazole rings is 1. The minimum Gasteiger partial charge on any atom is -0.443 e. The summed E-state index contributed by atoms with van der Waals surface area (Å²) in [7, 11) is 0. The quantitative estimate of drug-likeness (QED) is 0.853. The standard InChI is InChI=1S/C17H20N2O3/c1-12-8-19-17(22-12)11-21-10-16(20)18-9-14-7-15(14)13-5-3-2-4-6-13/h2-6,8,14-15H,7,9-11H2,1H3,(H,18,20)/t14-,15-/m0/s1. The van der Waals surface area contributed by atoms with Gasteiger partial charge in [0.05, 0.1) is 6.20 Å². The van der Waals surface area contributed by atoms with Crippen LogP contribution in [0.15, 0.2) is 40.9 Å². The second-order valence-electron chi connectivity index (χ2n) is 5.67. The molecule has 2 atom stereocenters. The van der Waals surface area contributed by atoms with Crippen LogP contribution in [0, 0.1) is 12.8 Å². The summed E-state index contributed by atoms with van der Waals surface area (Å²) < 4.78 is 10.6. The van der Waals surface area contributed by atoms with E-state index in [1.807, 2.05) is 13.0 Å². The molecule has 0 bridgehead atoms. The van der Waals surface area contributed by atoms with Crippen molar-refractivity contribution in [3.05, 3.63) is 53.7 Å². The van der Waals surface area contributed by atoms with Crippen molar-refractivity contribution in [1.82, 2.24) is 10.3 Å². The van der Waals surface area contributed by atoms with E-state index in [4.69, 9.17) is 9.15 Å². The molecule has 0 unspecified atom stereocenters. The van der Waals surface area contributed by atoms with E-state index in [-0.39, 0.29) is 19.1 Å². The molecule has 0 radical (unpaired) electrons. The lowest BCUT2D eigenvalue weighted by Gasteiger charge is -2.05. The van der Waals surface area contributed by atoms with E-state index >= 15 is 0 Å². The third-order valence-corrected chi connectivity index (χ3v) is 3.84. The lowest BCUT2D eigenvalue weighted by atomic mass is 10.1. The third-order valence-electron chi connectivity index (χ3n) is 3.84. The Morgan fingerprint density at radius 1 is 1.41 bits per heavy atom. The Bertz CT molecular complexity index is 624. The van der Waals surface area contributed by atoms with Crippen molar-refractivity contribution in [2.24, 2.45) is 5.92 Å². The average molecular weight is 300 g/mol. The molecule has 0 saturated heterocycles. The SMILES string of the molecule is Cc1cnc(COCC(=O)NC[C@@H]2C[C@H]2c2ccccc2)o1. The van der Waals surface area contributed by atoms with Gasteiger partial charge in [-0.05, 0) is 30.7 Å². The highest BCUT2D eigenvalue weighted by Crippen LogP contribution is 2.46. The first kappa shape index (κ1) is 14.8. The highest BCUT2D eigenvalue weighted by molar-refractivity contribution is 5.77. The Kier molecular flexibility index (Phi) is 4.53. The molecule has 3 rings (SSSR count). The maximum absolute atomic E-state index is 11.7. The fourth-order valence-electron chi connectivity index (χ4n) is 2.58. The normalized spacial score (nSPS) is 19.9. The van der Waals surface area contributed by atoms with Gasteiger partial charge in [0.2, 0.25) is 11.8 Å². The van der Waals surface area contributed by atoms with Crippen LogP contribution in [-0.2, 0) is 16.1 Å². The Morgan fingerprint density at radius 2 is 2.23 bits per heavy atom. The molecule has 2 aromatic rings. The van der Waals surface area contributed by atoms with Crippen LogP contribution in [-0.4, -0.2) is 24.0 Å². The van der Waals surface area contributed by atoms with Crippen LogP contribution in [0.2, 0.25) is 0 Å². The number of hydrogen-bond acceptors (Lipinski definition) is 4. The Balaban J connectivity index is 1.32. The van der Waals surface area contributed by atoms with E-state index in [0.29, 0.717) is 24.3 Å². The van der Waals surface area contributed by atoms with Crippen LogP contribution >= 0.6 is 0 Å². The van der Waals surface area contributed by atoms with Crippen LogP contribution in [0.4, 0.5) is 0 Å². The summed E-state index contributed by atoms with van der Waals surface area (Å²) in [5.74, 6) is 2.26. The van der Waals surface area contributed by atoms with Gasteiger partial charge < -0.3 is 14.5 Å². The number of benzene rings is 1. The molecule has 116 valence electrons. The maximum Gasteiger partial charge on any atom is 0.246 e. The van der Waals surface area contributed by atoms with Crippen molar-refractivity contribution >= 4 is 5.91 Å². The van der Waals surface area contributed by atoms with Crippen LogP contribution < -0.4 is 5.32 Å². The van der Waals surface area contributed by atoms with Crippen molar-refractivity contribution in [1.29, 1.82) is 0 Å². The zero-order valence-electron chi connectivity index (χ0n) is 12.6. The van der Waals surface area contributed by atoms with Gasteiger partial charge in [-0.25, -0.2) is 4.98 Å². The van der Waals surface area contributed by atoms with Crippen molar-refractivity contribution in [2.45, 2.75) is 25.9 Å². The van der Waals surface area contributed by atoms with Gasteiger partial charge in [0, 0.05) is 6.54 Å². The summed E-state index contributed by atoms with van der Waals surface area (Å²) in [6.07, 6.45) is 2.77. The molecule has 0 aliphatic heterocycles. The van der Waals surface area contributed by atoms with Gasteiger partial charge in [-0.2, -0.15) is 0 Å². The van der Waals surface area contributed by atoms with E-state index in [1.54, 1.807) is 6.20 Å². The number of aromatic nitrogens is 1. The lowest BCUT2D eigenvalue weighted by Crippen LogP contribution is -2.29. The zero-order chi connectivity index (χ0) is 15.4. The molecule has 1 aromatic carbocycles. The number of hydrogen-bond donors (Lipinski definition) is 1. The smallest absolute Gasteiger partial charge is 0.246 e. The van der Waals surface area contributed by atoms with Crippen molar-refractivity contribution < 1.29 is 13.9 Å². The first-order chi connectivity index (χ1) is 10.7. The molecule has 1 amide bonds. The number of amides is 1. The fraction of sp³-hybridized carbons (Fsp3) is 0.412. The van der Waals surface area contributed by atoms with E-state index in [1.165, 1.54) is 5.56 Å². The summed E-state index contributed by atoms with van der Waals surface area (Å²) in [6.45, 7) is 2.78. The van der Waals surface area contributed by atoms with Crippen LogP contribution in [0.1, 0.15) is 29.6 Å². The van der Waals surface area contributed by atoms with Crippen molar-refractivity contribution in [3.63, 3.8) is 0 Å². The number of ether oxygens (including phenoxy) is 1. The largest absolute Gasteiger partial charge is 0.443 e. The first-order valence-electron chi connectivity index (χ1n) is 7.53. The van der Waals surface area contributed by atoms with Gasteiger partial charge in [-0.15, -0.1) is 0 Å². The van der Waals surface area contributed by atoms with Crippen LogP contribution in [0.5, 0.6) is 0 Å². The van der Waals surface area contributed by atoms with Crippen LogP contribution in [0.3, 0.4) is 0 Å². The van der Waals surface area contributed by atoms with E-state index < -0.39 is 0 Å². The topological polar surface area (TPSA) is 64.4 Å². The number of nitrogens with zero attached hydrogens (tertiary/aromatic N) is 1. The molecule has 1 saturated carbocycles. The minimum atomic E-state index is -0.0954. The maximum atomic E-state index is 11.7. The van der Waals surface area contributed by atoms with Gasteiger partial charge in [-0.1, -0.05) is 30.3 Å². The summed E-state index contributed by atoms with van der Waals surface area (Å²) in [5, 5.41) is 2.92. The molecule has 0 spiro atoms. The van der Waals surface area contributed by atoms with Gasteiger partial charge in [-0.3, -0.25) is 4.79 Å². The molecule has 5 heteroatoms. The Morgan fingerprint density at radius 3 is 2.95 bits per heavy atom. The second-order valence-corrected chi connectivity index (χ2v) is 5.67. The molecule has 1 aliphatic rings. The number of carbonyl (C=O) groups excluding carboxylic acids is 1. The fourth-order valence-corrected chi connectivity index (χ4v) is 2.58. The first-order valence-corrected chi connectivity index (χ1v) is 7.53. The number of rotatable bonds is 7. The zero-order valence-corrected chi connectivity index (χ0v) is 12.6. The molecule has 1 fully saturated rings. The van der Waals surface area contributed by atoms with Crippen molar-refractivity contribution in [2.75, 3.05) is 13.2 Å². The van der Waals surface area contributed by atoms with Gasteiger partial charge in [0.15, 0.2) is 0 Å². The second kappa shape index (κ2) is 6.75. The van der Waals surface area contributed by atoms with Gasteiger partial charge >= 0.3 is 0 Å². The predicted octanol–water partition coefficient (Wildman–Crippen LogP) is 2.42. The highest BCUT2D eigenvalue weighted by atomic mass is 16.5. The summed E-state index contributed by atoms with van der Waals surface area (Å²) in [5.41, 5.74) is 1.36. The summed E-state index contributed by atoms with van der Waals surface area (Å²) in [4.78, 5) is 15.7. The average Bonchev–Trinajstić information content (AvgIpc) is 3.20. The molecular formula is C17H20N2O3. The molecule has 1 aliphatic carbocycles. The van der Waals surface area contributed by atoms with Gasteiger partial charge in [0.25, 0.3) is 0 Å². The molecule has 22 heavy (non-hydrogen) atoms. The third kappa shape index (κ3) is 3.95. The van der Waals surface area contributed by atoms with E-state index in [9.17, 15) is 4.79 Å². The van der Waals surface area contributed by atoms with Gasteiger partial charge in [0.1, 0.15) is 19.0 Å². The van der Waals surface area contributed by atoms with E-state index in [0.717, 1.165) is 12.2 Å².